The summed E-state index contributed by atoms with van der Waals surface area (Å²) in [6.07, 6.45) is 5.53. The number of allylic oxidation sites excluding steroid dienone is 2. The Balaban J connectivity index is 1.68. The number of nitrogens with zero attached hydrogens (tertiary/aromatic N) is 3. The van der Waals surface area contributed by atoms with E-state index < -0.39 is 0 Å². The maximum absolute atomic E-state index is 6.55. The Kier molecular flexibility index (Phi) is 3.72. The molecule has 3 aromatic rings. The molecular formula is C19H15Cl2N5. The molecule has 1 aromatic heterocycles. The second-order valence-electron chi connectivity index (χ2n) is 6.62. The maximum atomic E-state index is 6.55. The fourth-order valence-corrected chi connectivity index (χ4v) is 4.58. The van der Waals surface area contributed by atoms with E-state index in [4.69, 9.17) is 23.2 Å². The van der Waals surface area contributed by atoms with Crippen LogP contribution in [0, 0.1) is 5.92 Å². The van der Waals surface area contributed by atoms with Crippen molar-refractivity contribution in [3.63, 3.8) is 0 Å². The molecule has 130 valence electrons. The molecule has 3 unspecified atom stereocenters. The highest BCUT2D eigenvalue weighted by Crippen LogP contribution is 2.52. The summed E-state index contributed by atoms with van der Waals surface area (Å²) in [6, 6.07) is 12.1. The summed E-state index contributed by atoms with van der Waals surface area (Å²) in [5.41, 5.74) is 4.23. The molecule has 0 saturated heterocycles. The number of tetrazole rings is 1. The van der Waals surface area contributed by atoms with E-state index >= 15 is 0 Å². The van der Waals surface area contributed by atoms with E-state index in [1.807, 2.05) is 30.3 Å². The monoisotopic (exact) mass is 383 g/mol. The number of halogens is 2. The fraction of sp³-hybridized carbons (Fsp3) is 0.211. The predicted molar refractivity (Wildman–Crippen MR) is 102 cm³/mol. The smallest absolute Gasteiger partial charge is 0.206 e. The number of benzene rings is 2. The summed E-state index contributed by atoms with van der Waals surface area (Å²) in [7, 11) is 0. The molecule has 7 heteroatoms. The number of anilines is 1. The average molecular weight is 384 g/mol. The zero-order chi connectivity index (χ0) is 17.7. The van der Waals surface area contributed by atoms with Crippen LogP contribution >= 0.6 is 23.2 Å². The van der Waals surface area contributed by atoms with Gasteiger partial charge >= 0.3 is 0 Å². The number of fused-ring (bicyclic) bond motifs is 3. The van der Waals surface area contributed by atoms with Crippen LogP contribution in [0.5, 0.6) is 0 Å². The molecule has 0 fully saturated rings. The van der Waals surface area contributed by atoms with Gasteiger partial charge in [-0.05, 0) is 40.8 Å². The van der Waals surface area contributed by atoms with Crippen LogP contribution in [0.1, 0.15) is 29.5 Å². The van der Waals surface area contributed by atoms with Gasteiger partial charge in [0.05, 0.1) is 16.1 Å². The third-order valence-corrected chi connectivity index (χ3v) is 6.13. The Bertz CT molecular complexity index is 999. The number of rotatable bonds is 2. The standard InChI is InChI=1S/C19H15Cl2N5/c20-15-9-3-7-13(16(15)21)17-11-5-1-4-10(11)12-6-2-8-14(18(12)22-17)19-23-25-26-24-19/h1-4,6-11,17,22H,5H2,(H,23,24,25,26). The molecule has 26 heavy (non-hydrogen) atoms. The molecule has 2 heterocycles. The minimum atomic E-state index is 0.0572. The first-order valence-corrected chi connectivity index (χ1v) is 9.23. The van der Waals surface area contributed by atoms with E-state index in [1.165, 1.54) is 5.56 Å². The van der Waals surface area contributed by atoms with Crippen molar-refractivity contribution in [2.75, 3.05) is 5.32 Å². The van der Waals surface area contributed by atoms with E-state index in [2.05, 4.69) is 44.2 Å². The van der Waals surface area contributed by atoms with Gasteiger partial charge in [0, 0.05) is 17.2 Å². The molecular weight excluding hydrogens is 369 g/mol. The molecule has 3 atom stereocenters. The highest BCUT2D eigenvalue weighted by molar-refractivity contribution is 6.42. The van der Waals surface area contributed by atoms with E-state index in [0.717, 1.165) is 23.2 Å². The van der Waals surface area contributed by atoms with Crippen LogP contribution in [0.2, 0.25) is 10.0 Å². The van der Waals surface area contributed by atoms with Crippen molar-refractivity contribution in [3.8, 4) is 11.4 Å². The summed E-state index contributed by atoms with van der Waals surface area (Å²) in [6.45, 7) is 0. The van der Waals surface area contributed by atoms with Crippen LogP contribution < -0.4 is 5.32 Å². The Morgan fingerprint density at radius 3 is 2.73 bits per heavy atom. The number of aromatic nitrogens is 4. The van der Waals surface area contributed by atoms with Crippen molar-refractivity contribution >= 4 is 28.9 Å². The van der Waals surface area contributed by atoms with Gasteiger partial charge in [0.25, 0.3) is 0 Å². The van der Waals surface area contributed by atoms with Crippen molar-refractivity contribution in [1.29, 1.82) is 0 Å². The van der Waals surface area contributed by atoms with Gasteiger partial charge in [-0.25, -0.2) is 0 Å². The third kappa shape index (κ3) is 2.35. The zero-order valence-corrected chi connectivity index (χ0v) is 15.2. The van der Waals surface area contributed by atoms with Crippen LogP contribution in [-0.4, -0.2) is 20.6 Å². The molecule has 5 nitrogen and oxygen atoms in total. The first kappa shape index (κ1) is 15.9. The van der Waals surface area contributed by atoms with Crippen molar-refractivity contribution in [2.45, 2.75) is 18.4 Å². The number of hydrogen-bond acceptors (Lipinski definition) is 4. The summed E-state index contributed by atoms with van der Waals surface area (Å²) >= 11 is 12.8. The highest BCUT2D eigenvalue weighted by Gasteiger charge is 2.39. The number of nitrogens with one attached hydrogen (secondary N) is 2. The molecule has 5 rings (SSSR count). The van der Waals surface area contributed by atoms with Gasteiger partial charge in [-0.2, -0.15) is 5.21 Å². The van der Waals surface area contributed by atoms with Gasteiger partial charge in [0.1, 0.15) is 0 Å². The first-order valence-electron chi connectivity index (χ1n) is 8.48. The van der Waals surface area contributed by atoms with Gasteiger partial charge in [0.15, 0.2) is 0 Å². The van der Waals surface area contributed by atoms with E-state index in [0.29, 0.717) is 27.7 Å². The number of aromatic amines is 1. The van der Waals surface area contributed by atoms with Crippen molar-refractivity contribution in [2.24, 2.45) is 5.92 Å². The number of para-hydroxylation sites is 1. The molecule has 0 amide bonds. The molecule has 2 aliphatic rings. The molecule has 0 radical (unpaired) electrons. The lowest BCUT2D eigenvalue weighted by Crippen LogP contribution is -2.29. The lowest BCUT2D eigenvalue weighted by molar-refractivity contribution is 0.426. The van der Waals surface area contributed by atoms with Gasteiger partial charge in [0.2, 0.25) is 5.82 Å². The van der Waals surface area contributed by atoms with Gasteiger partial charge in [-0.3, -0.25) is 0 Å². The normalized spacial score (nSPS) is 23.4. The minimum Gasteiger partial charge on any atom is -0.377 e. The molecule has 0 spiro atoms. The van der Waals surface area contributed by atoms with Crippen molar-refractivity contribution in [3.05, 3.63) is 69.7 Å². The summed E-state index contributed by atoms with van der Waals surface area (Å²) in [4.78, 5) is 0. The third-order valence-electron chi connectivity index (χ3n) is 5.30. The van der Waals surface area contributed by atoms with Gasteiger partial charge in [-0.15, -0.1) is 10.2 Å². The Hall–Kier alpha value is -2.37. The van der Waals surface area contributed by atoms with Crippen molar-refractivity contribution < 1.29 is 0 Å². The SMILES string of the molecule is Clc1cccc(C2Nc3c(-c4nn[nH]n4)cccc3C3C=CCC32)c1Cl. The van der Waals surface area contributed by atoms with Crippen LogP contribution in [0.4, 0.5) is 5.69 Å². The lowest BCUT2D eigenvalue weighted by Gasteiger charge is -2.38. The van der Waals surface area contributed by atoms with E-state index in [-0.39, 0.29) is 6.04 Å². The van der Waals surface area contributed by atoms with E-state index in [1.54, 1.807) is 0 Å². The maximum Gasteiger partial charge on any atom is 0.206 e. The minimum absolute atomic E-state index is 0.0572. The Labute approximate surface area is 160 Å². The molecule has 2 N–H and O–H groups in total. The van der Waals surface area contributed by atoms with Crippen molar-refractivity contribution in [1.82, 2.24) is 20.6 Å². The number of H-pyrrole nitrogens is 1. The molecule has 2 aromatic carbocycles. The summed E-state index contributed by atoms with van der Waals surface area (Å²) in [5, 5.41) is 19.4. The Morgan fingerprint density at radius 2 is 1.88 bits per heavy atom. The van der Waals surface area contributed by atoms with Crippen LogP contribution in [0.3, 0.4) is 0 Å². The highest BCUT2D eigenvalue weighted by atomic mass is 35.5. The van der Waals surface area contributed by atoms with Crippen LogP contribution in [0.15, 0.2) is 48.6 Å². The molecule has 1 aliphatic heterocycles. The zero-order valence-electron chi connectivity index (χ0n) is 13.7. The number of hydrogen-bond donors (Lipinski definition) is 2. The summed E-state index contributed by atoms with van der Waals surface area (Å²) < 4.78 is 0. The second kappa shape index (κ2) is 6.11. The van der Waals surface area contributed by atoms with Crippen LogP contribution in [-0.2, 0) is 0 Å². The average Bonchev–Trinajstić information content (AvgIpc) is 3.35. The largest absolute Gasteiger partial charge is 0.377 e. The Morgan fingerprint density at radius 1 is 1.04 bits per heavy atom. The predicted octanol–water partition coefficient (Wildman–Crippen LogP) is 5.00. The second-order valence-corrected chi connectivity index (χ2v) is 7.41. The summed E-state index contributed by atoms with van der Waals surface area (Å²) in [5.74, 6) is 1.28. The van der Waals surface area contributed by atoms with Gasteiger partial charge < -0.3 is 5.32 Å². The quantitative estimate of drug-likeness (QED) is 0.611. The van der Waals surface area contributed by atoms with E-state index in [9.17, 15) is 0 Å². The lowest BCUT2D eigenvalue weighted by atomic mass is 9.76. The molecule has 0 saturated carbocycles. The fourth-order valence-electron chi connectivity index (χ4n) is 4.15. The first-order chi connectivity index (χ1) is 12.7. The van der Waals surface area contributed by atoms with Gasteiger partial charge in [-0.1, -0.05) is 59.6 Å². The topological polar surface area (TPSA) is 66.5 Å². The van der Waals surface area contributed by atoms with Crippen LogP contribution in [0.25, 0.3) is 11.4 Å². The molecule has 1 aliphatic carbocycles. The molecule has 0 bridgehead atoms.